The minimum Gasteiger partial charge on any atom is -0.508 e. The number of rotatable bonds is 22. The van der Waals surface area contributed by atoms with E-state index in [2.05, 4.69) is 49.5 Å². The monoisotopic (exact) mass is 1910 g/mol. The molecule has 0 spiro atoms. The number of phenols is 4. The van der Waals surface area contributed by atoms with Crippen LogP contribution >= 0.6 is 23.2 Å². The molecule has 0 radical (unpaired) electrons. The molecule has 8 amide bonds. The van der Waals surface area contributed by atoms with Crippen molar-refractivity contribution in [3.63, 3.8) is 0 Å². The summed E-state index contributed by atoms with van der Waals surface area (Å²) in [4.78, 5) is 139. The van der Waals surface area contributed by atoms with Crippen LogP contribution in [0.3, 0.4) is 0 Å². The molecule has 42 nitrogen and oxygen atoms in total. The largest absolute Gasteiger partial charge is 0.508 e. The lowest BCUT2D eigenvalue weighted by molar-refractivity contribution is -0.284. The first kappa shape index (κ1) is 98.0. The van der Waals surface area contributed by atoms with Crippen molar-refractivity contribution < 1.29 is 162 Å². The number of hydrogen-bond donors (Lipinski definition) is 24. The smallest absolute Gasteiger partial charge is 0.330 e. The molecule has 16 rings (SSSR count). The number of carboxylic acid groups (broad SMARTS) is 1. The highest BCUT2D eigenvalue weighted by molar-refractivity contribution is 6.32. The first-order chi connectivity index (χ1) is 64.0. The number of amides is 8. The number of fused-ring (bicyclic) bond motifs is 14. The Kier molecular flexibility index (Phi) is 30.9. The van der Waals surface area contributed by atoms with Gasteiger partial charge in [0.05, 0.1) is 29.9 Å². The molecule has 0 aliphatic carbocycles. The Morgan fingerprint density at radius 3 is 1.63 bits per heavy atom. The van der Waals surface area contributed by atoms with Gasteiger partial charge in [0.25, 0.3) is 0 Å². The lowest BCUT2D eigenvalue weighted by Gasteiger charge is -2.44. The highest BCUT2D eigenvalue weighted by Gasteiger charge is 2.52. The summed E-state index contributed by atoms with van der Waals surface area (Å²) in [7, 11) is 0. The predicted octanol–water partition coefficient (Wildman–Crippen LogP) is 1.94. The summed E-state index contributed by atoms with van der Waals surface area (Å²) in [6.07, 6.45) is -21.5. The van der Waals surface area contributed by atoms with E-state index in [1.54, 1.807) is 0 Å². The van der Waals surface area contributed by atoms with Crippen LogP contribution in [0.25, 0.3) is 11.1 Å². The number of ether oxygens (including phenoxy) is 9. The fraction of sp³-hybridized carbons (Fsp3) is 0.433. The van der Waals surface area contributed by atoms with E-state index in [1.807, 2.05) is 0 Å². The fourth-order valence-electron chi connectivity index (χ4n) is 16.9. The van der Waals surface area contributed by atoms with Crippen LogP contribution < -0.4 is 72.0 Å². The number of hydrogen-bond acceptors (Lipinski definition) is 33. The number of carboxylic acids is 1. The molecule has 0 saturated carbocycles. The maximum atomic E-state index is 17.0. The number of halogens is 2. The van der Waals surface area contributed by atoms with Gasteiger partial charge < -0.3 is 167 Å². The molecule has 7 aromatic rings. The van der Waals surface area contributed by atoms with Gasteiger partial charge in [-0.15, -0.1) is 0 Å². The molecule has 9 heterocycles. The van der Waals surface area contributed by atoms with Gasteiger partial charge in [0.1, 0.15) is 156 Å². The molecular weight excluding hydrogens is 1810 g/mol. The van der Waals surface area contributed by atoms with E-state index >= 15 is 24.0 Å². The first-order valence-corrected chi connectivity index (χ1v) is 43.9. The molecule has 9 aliphatic heterocycles. The number of phenolic OH excluding ortho intramolecular Hbond substituents is 4. The number of aliphatic hydroxyl groups excluding tert-OH is 10. The average molecular weight is 1910 g/mol. The van der Waals surface area contributed by atoms with Crippen molar-refractivity contribution in [3.05, 3.63) is 164 Å². The normalized spacial score (nSPS) is 28.6. The second-order valence-electron chi connectivity index (χ2n) is 33.4. The van der Waals surface area contributed by atoms with Crippen molar-refractivity contribution in [2.24, 2.45) is 5.73 Å². The van der Waals surface area contributed by atoms with Crippen LogP contribution in [0, 0.1) is 0 Å². The molecule has 25 N–H and O–H groups in total. The van der Waals surface area contributed by atoms with Crippen LogP contribution in [-0.2, 0) is 68.5 Å². The van der Waals surface area contributed by atoms with Crippen molar-refractivity contribution in [1.29, 1.82) is 0 Å². The zero-order chi connectivity index (χ0) is 96.1. The molecule has 9 aliphatic rings. The average Bonchev–Trinajstić information content (AvgIpc) is 0.750. The summed E-state index contributed by atoms with van der Waals surface area (Å²) in [5, 5.41) is 190. The molecular formula is C90H101Cl2N9O33. The maximum Gasteiger partial charge on any atom is 0.330 e. The lowest BCUT2D eigenvalue weighted by Crippen LogP contribution is -2.65. The molecule has 7 aromatic carbocycles. The van der Waals surface area contributed by atoms with Gasteiger partial charge in [-0.25, -0.2) is 4.79 Å². The van der Waals surface area contributed by atoms with Gasteiger partial charge in [0.2, 0.25) is 65.6 Å². The summed E-state index contributed by atoms with van der Waals surface area (Å²) in [6.45, 7) is -0.0602. The molecule has 23 atom stereocenters. The number of benzene rings is 7. The van der Waals surface area contributed by atoms with E-state index in [0.29, 0.717) is 12.8 Å². The van der Waals surface area contributed by atoms with E-state index < -0.39 is 316 Å². The quantitative estimate of drug-likeness (QED) is 0.0431. The van der Waals surface area contributed by atoms with Crippen LogP contribution in [0.2, 0.25) is 10.0 Å². The van der Waals surface area contributed by atoms with Gasteiger partial charge in [-0.3, -0.25) is 38.4 Å². The molecule has 134 heavy (non-hydrogen) atoms. The van der Waals surface area contributed by atoms with E-state index in [9.17, 15) is 95.8 Å². The predicted molar refractivity (Wildman–Crippen MR) is 462 cm³/mol. The number of aliphatic hydroxyl groups is 10. The molecule has 0 aromatic heterocycles. The van der Waals surface area contributed by atoms with Crippen molar-refractivity contribution >= 4 is 76.4 Å². The van der Waals surface area contributed by atoms with Crippen LogP contribution in [0.5, 0.6) is 69.0 Å². The number of nitrogens with one attached hydrogen (secondary N) is 8. The molecule has 17 bridgehead atoms. The standard InChI is InChI=1S/C90H101Cl2N9O33/c1-3-4-5-6-7-8-9-10-11-12-62(110)96-70-76(115)73(112)60(34-103)131-89(70)134-80-57-28-42-29-58(80)128-54-20-16-40(26-49(54)92)79(133-88-69(94-36(2)105)75(114)72(111)59(33-102)130-88)71-86(123)100-68(87(124)125)47-31-44(107)32-56(129-90-78(117)77(116)74(113)61(35-104)132-90)63(47)46-25-39(15-17-51(46)108)65(83(120)101-71)98-85(122)67(42)99-84(121)66-41-23-43(106)30-45(24-41)126-55-27-38(14-18-52(55)109)64(93)82(119)95-50(81(118)97-66)22-37-13-19-53(127-57)48(91)21-37/h13-21,23-32,50,59-61,64-79,88-90,102-104,106-109,111-117H,3-12,22,33-35,93H2,1-2H3,(H,94,105)(H,95,119)(H,96,110)(H,97,118)(H,98,122)(H,99,121)(H,100,123)(H,101,120)(H,124,125)/t50-,59-,60-,61-,64-,65-,66+,67-,68+,69-,70-,71+,72-,73-,74-,75-,76-,77+,78+,79-,88+,89+,90+/m1/s1. The number of unbranched alkanes of at least 4 members (excludes halogenated alkanes) is 8. The number of carbonyl (C=O) groups is 9. The highest BCUT2D eigenvalue weighted by Crippen LogP contribution is 2.51. The van der Waals surface area contributed by atoms with Gasteiger partial charge in [-0.1, -0.05) is 106 Å². The van der Waals surface area contributed by atoms with Crippen LogP contribution in [0.15, 0.2) is 115 Å². The lowest BCUT2D eigenvalue weighted by atomic mass is 9.89. The summed E-state index contributed by atoms with van der Waals surface area (Å²) >= 11 is 14.7. The van der Waals surface area contributed by atoms with Gasteiger partial charge in [-0.2, -0.15) is 0 Å². The summed E-state index contributed by atoms with van der Waals surface area (Å²) in [6, 6.07) is 0.714. The number of aliphatic carboxylic acids is 1. The van der Waals surface area contributed by atoms with E-state index in [0.717, 1.165) is 137 Å². The van der Waals surface area contributed by atoms with E-state index in [1.165, 1.54) is 30.3 Å². The summed E-state index contributed by atoms with van der Waals surface area (Å²) < 4.78 is 57.5. The van der Waals surface area contributed by atoms with Crippen molar-refractivity contribution in [2.75, 3.05) is 19.8 Å². The Balaban J connectivity index is 1.02. The van der Waals surface area contributed by atoms with Gasteiger partial charge in [0.15, 0.2) is 35.3 Å². The molecule has 3 saturated heterocycles. The SMILES string of the molecule is CCCCCCCCCCCC(=O)N[C@H]1[C@H](Oc2c3cc4cc2Oc2ccc(cc2Cl)[C@@H](O[C@@H]2O[C@H](CO)[C@@H](O)[C@H](O)[C@H]2NC(C)=O)[C@@H]2NC(=O)[C@H](NC(=O)[C@@H]4NC(=O)[C@H]4NC(=O)[C@@H](Cc5ccc(c(Cl)c5)O3)NC(=O)[C@H](N)c3ccc(O)c(c3)Oc3cc(O)cc4c3)c3ccc(O)c(c3)-c3c(O[C@H]4O[C@H](CO)[C@@H](O)[C@H](O)[C@@H]4O)cc(O)cc3[C@@H](C(=O)O)NC2=O)O[C@H](CO)[C@@H](O)[C@@H]1O. The minimum atomic E-state index is -2.59. The Hall–Kier alpha value is -12.1. The maximum absolute atomic E-state index is 17.0. The summed E-state index contributed by atoms with van der Waals surface area (Å²) in [5.74, 6) is -19.5. The third kappa shape index (κ3) is 21.5. The number of carbonyl (C=O) groups excluding carboxylic acids is 8. The second-order valence-corrected chi connectivity index (χ2v) is 34.2. The first-order valence-electron chi connectivity index (χ1n) is 43.1. The molecule has 718 valence electrons. The van der Waals surface area contributed by atoms with Crippen molar-refractivity contribution in [1.82, 2.24) is 42.5 Å². The Labute approximate surface area is 772 Å². The zero-order valence-corrected chi connectivity index (χ0v) is 73.1. The van der Waals surface area contributed by atoms with Crippen molar-refractivity contribution in [3.8, 4) is 80.1 Å². The topological polar surface area (TPSA) is 662 Å². The van der Waals surface area contributed by atoms with E-state index in [4.69, 9.17) is 71.6 Å². The zero-order valence-electron chi connectivity index (χ0n) is 71.5. The highest BCUT2D eigenvalue weighted by atomic mass is 35.5. The minimum absolute atomic E-state index is 0.0277. The molecule has 0 unspecified atom stereocenters. The fourth-order valence-corrected chi connectivity index (χ4v) is 17.3. The third-order valence-corrected chi connectivity index (χ3v) is 24.5. The Bertz CT molecular complexity index is 5580. The van der Waals surface area contributed by atoms with Gasteiger partial charge in [0, 0.05) is 48.6 Å². The number of nitrogens with two attached hydrogens (primary N) is 1. The third-order valence-electron chi connectivity index (χ3n) is 24.0. The van der Waals surface area contributed by atoms with Crippen LogP contribution in [0.1, 0.15) is 153 Å². The van der Waals surface area contributed by atoms with Gasteiger partial charge >= 0.3 is 5.97 Å². The molecule has 44 heteroatoms. The van der Waals surface area contributed by atoms with Gasteiger partial charge in [-0.05, 0) is 119 Å². The van der Waals surface area contributed by atoms with Crippen LogP contribution in [0.4, 0.5) is 0 Å². The van der Waals surface area contributed by atoms with E-state index in [-0.39, 0.29) is 39.8 Å². The van der Waals surface area contributed by atoms with Crippen molar-refractivity contribution in [2.45, 2.75) is 225 Å². The Morgan fingerprint density at radius 2 is 1.01 bits per heavy atom. The van der Waals surface area contributed by atoms with Crippen LogP contribution in [-0.4, -0.2) is 254 Å². The second kappa shape index (κ2) is 42.3. The Morgan fingerprint density at radius 1 is 0.478 bits per heavy atom. The number of aromatic hydroxyl groups is 4. The summed E-state index contributed by atoms with van der Waals surface area (Å²) in [5.41, 5.74) is 2.81. The molecule has 3 fully saturated rings.